The van der Waals surface area contributed by atoms with Crippen LogP contribution in [0.1, 0.15) is 25.0 Å². The molecule has 11 heteroatoms. The van der Waals surface area contributed by atoms with Gasteiger partial charge in [0.25, 0.3) is 5.69 Å². The molecule has 0 bridgehead atoms. The monoisotopic (exact) mass is 487 g/mol. The lowest BCUT2D eigenvalue weighted by molar-refractivity contribution is -0.384. The van der Waals surface area contributed by atoms with Crippen LogP contribution in [0.15, 0.2) is 42.5 Å². The Labute approximate surface area is 202 Å². The fourth-order valence-corrected chi connectivity index (χ4v) is 3.48. The molecule has 0 unspecified atom stereocenters. The SMILES string of the molecule is Cc1ccc(-c2ccc(C[C@H](NC(=O)N(CC(C)C)C[C@H](O)C(=O)O)C(=O)O)cc2[N+](=O)[O-])cc1. The molecule has 0 aliphatic carbocycles. The van der Waals surface area contributed by atoms with E-state index in [9.17, 15) is 34.7 Å². The smallest absolute Gasteiger partial charge is 0.334 e. The van der Waals surface area contributed by atoms with Gasteiger partial charge in [-0.05, 0) is 30.0 Å². The molecular weight excluding hydrogens is 458 g/mol. The quantitative estimate of drug-likeness (QED) is 0.277. The number of aliphatic carboxylic acids is 2. The summed E-state index contributed by atoms with van der Waals surface area (Å²) in [6.07, 6.45) is -2.08. The predicted octanol–water partition coefficient (Wildman–Crippen LogP) is 2.68. The van der Waals surface area contributed by atoms with Gasteiger partial charge in [0.15, 0.2) is 6.10 Å². The number of amides is 2. The van der Waals surface area contributed by atoms with Crippen molar-refractivity contribution in [3.05, 3.63) is 63.7 Å². The molecule has 11 nitrogen and oxygen atoms in total. The zero-order valence-corrected chi connectivity index (χ0v) is 19.7. The lowest BCUT2D eigenvalue weighted by atomic mass is 9.98. The number of carbonyl (C=O) groups excluding carboxylic acids is 1. The summed E-state index contributed by atoms with van der Waals surface area (Å²) in [5, 5.41) is 42.3. The highest BCUT2D eigenvalue weighted by atomic mass is 16.6. The summed E-state index contributed by atoms with van der Waals surface area (Å²) < 4.78 is 0. The molecule has 4 N–H and O–H groups in total. The number of hydrogen-bond donors (Lipinski definition) is 4. The fraction of sp³-hybridized carbons (Fsp3) is 0.375. The van der Waals surface area contributed by atoms with Crippen molar-refractivity contribution < 1.29 is 34.6 Å². The molecule has 188 valence electrons. The average Bonchev–Trinajstić information content (AvgIpc) is 2.78. The standard InChI is InChI=1S/C24H29N3O8/c1-14(2)12-26(13-21(28)23(31)32)24(33)25-19(22(29)30)10-16-6-9-18(20(11-16)27(34)35)17-7-4-15(3)5-8-17/h4-9,11,14,19,21,28H,10,12-13H2,1-3H3,(H,25,33)(H,29,30)(H,31,32)/t19-,21-/m0/s1. The Morgan fingerprint density at radius 2 is 1.66 bits per heavy atom. The lowest BCUT2D eigenvalue weighted by Gasteiger charge is -2.27. The van der Waals surface area contributed by atoms with Crippen LogP contribution in [0.5, 0.6) is 0 Å². The van der Waals surface area contributed by atoms with Crippen LogP contribution in [0, 0.1) is 23.0 Å². The number of urea groups is 1. The number of nitrogens with one attached hydrogen (secondary N) is 1. The minimum Gasteiger partial charge on any atom is -0.480 e. The van der Waals surface area contributed by atoms with Gasteiger partial charge >= 0.3 is 18.0 Å². The topological polar surface area (TPSA) is 170 Å². The first-order chi connectivity index (χ1) is 16.4. The van der Waals surface area contributed by atoms with Crippen LogP contribution < -0.4 is 5.32 Å². The molecule has 0 fully saturated rings. The van der Waals surface area contributed by atoms with Gasteiger partial charge in [0, 0.05) is 19.0 Å². The van der Waals surface area contributed by atoms with Crippen LogP contribution in [0.25, 0.3) is 11.1 Å². The van der Waals surface area contributed by atoms with Gasteiger partial charge in [-0.2, -0.15) is 0 Å². The van der Waals surface area contributed by atoms with Crippen molar-refractivity contribution in [3.8, 4) is 11.1 Å². The minimum atomic E-state index is -1.83. The molecular formula is C24H29N3O8. The fourth-order valence-electron chi connectivity index (χ4n) is 3.48. The third-order valence-corrected chi connectivity index (χ3v) is 5.21. The zero-order valence-electron chi connectivity index (χ0n) is 19.7. The van der Waals surface area contributed by atoms with E-state index in [2.05, 4.69) is 5.32 Å². The molecule has 2 aromatic rings. The van der Waals surface area contributed by atoms with Gasteiger partial charge in [-0.15, -0.1) is 0 Å². The van der Waals surface area contributed by atoms with Crippen molar-refractivity contribution in [2.75, 3.05) is 13.1 Å². The molecule has 0 saturated carbocycles. The Bertz CT molecular complexity index is 1080. The second-order valence-electron chi connectivity index (χ2n) is 8.67. The maximum atomic E-state index is 12.7. The summed E-state index contributed by atoms with van der Waals surface area (Å²) >= 11 is 0. The van der Waals surface area contributed by atoms with E-state index in [0.29, 0.717) is 16.7 Å². The number of rotatable bonds is 11. The van der Waals surface area contributed by atoms with Gasteiger partial charge in [-0.1, -0.05) is 49.7 Å². The number of aliphatic hydroxyl groups is 1. The Morgan fingerprint density at radius 3 is 2.17 bits per heavy atom. The van der Waals surface area contributed by atoms with Crippen LogP contribution in [0.2, 0.25) is 0 Å². The number of aliphatic hydroxyl groups excluding tert-OH is 1. The highest BCUT2D eigenvalue weighted by molar-refractivity contribution is 5.83. The molecule has 0 aromatic heterocycles. The first-order valence-electron chi connectivity index (χ1n) is 10.9. The molecule has 0 radical (unpaired) electrons. The lowest BCUT2D eigenvalue weighted by Crippen LogP contribution is -2.52. The third kappa shape index (κ3) is 7.78. The number of aryl methyl sites for hydroxylation is 1. The Balaban J connectivity index is 2.27. The molecule has 0 heterocycles. The molecule has 0 spiro atoms. The second-order valence-corrected chi connectivity index (χ2v) is 8.67. The van der Waals surface area contributed by atoms with E-state index in [1.54, 1.807) is 32.0 Å². The molecule has 0 aliphatic heterocycles. The van der Waals surface area contributed by atoms with Crippen LogP contribution in [-0.2, 0) is 16.0 Å². The van der Waals surface area contributed by atoms with Crippen molar-refractivity contribution in [1.29, 1.82) is 0 Å². The normalized spacial score (nSPS) is 12.6. The summed E-state index contributed by atoms with van der Waals surface area (Å²) in [5.41, 5.74) is 2.13. The summed E-state index contributed by atoms with van der Waals surface area (Å²) in [6.45, 7) is 5.00. The van der Waals surface area contributed by atoms with Gasteiger partial charge in [-0.25, -0.2) is 14.4 Å². The Morgan fingerprint density at radius 1 is 1.03 bits per heavy atom. The molecule has 35 heavy (non-hydrogen) atoms. The first-order valence-corrected chi connectivity index (χ1v) is 10.9. The highest BCUT2D eigenvalue weighted by Gasteiger charge is 2.28. The first kappa shape index (κ1) is 27.3. The van der Waals surface area contributed by atoms with Crippen molar-refractivity contribution >= 4 is 23.7 Å². The van der Waals surface area contributed by atoms with E-state index in [1.165, 1.54) is 12.1 Å². The maximum absolute atomic E-state index is 12.7. The number of carboxylic acids is 2. The third-order valence-electron chi connectivity index (χ3n) is 5.21. The van der Waals surface area contributed by atoms with Gasteiger partial charge in [0.2, 0.25) is 0 Å². The number of carboxylic acid groups (broad SMARTS) is 2. The van der Waals surface area contributed by atoms with Gasteiger partial charge in [-0.3, -0.25) is 10.1 Å². The number of nitro groups is 1. The molecule has 0 saturated heterocycles. The summed E-state index contributed by atoms with van der Waals surface area (Å²) in [6, 6.07) is 9.23. The van der Waals surface area contributed by atoms with Crippen molar-refractivity contribution in [2.24, 2.45) is 5.92 Å². The number of nitro benzene ring substituents is 1. The van der Waals surface area contributed by atoms with E-state index >= 15 is 0 Å². The number of carbonyl (C=O) groups is 3. The van der Waals surface area contributed by atoms with Crippen LogP contribution in [0.4, 0.5) is 10.5 Å². The van der Waals surface area contributed by atoms with E-state index < -0.39 is 41.6 Å². The summed E-state index contributed by atoms with van der Waals surface area (Å²) in [7, 11) is 0. The van der Waals surface area contributed by atoms with Crippen LogP contribution >= 0.6 is 0 Å². The van der Waals surface area contributed by atoms with E-state index in [-0.39, 0.29) is 24.6 Å². The summed E-state index contributed by atoms with van der Waals surface area (Å²) in [4.78, 5) is 47.7. The predicted molar refractivity (Wildman–Crippen MR) is 127 cm³/mol. The number of benzene rings is 2. The van der Waals surface area contributed by atoms with E-state index in [1.807, 2.05) is 19.1 Å². The van der Waals surface area contributed by atoms with Gasteiger partial charge in [0.05, 0.1) is 17.0 Å². The summed E-state index contributed by atoms with van der Waals surface area (Å²) in [5.74, 6) is -2.96. The largest absolute Gasteiger partial charge is 0.480 e. The molecule has 2 amide bonds. The minimum absolute atomic E-state index is 0.0815. The van der Waals surface area contributed by atoms with Gasteiger partial charge in [0.1, 0.15) is 6.04 Å². The highest BCUT2D eigenvalue weighted by Crippen LogP contribution is 2.31. The molecule has 2 atom stereocenters. The molecule has 0 aliphatic rings. The number of nitrogens with zero attached hydrogens (tertiary/aromatic N) is 2. The molecule has 2 rings (SSSR count). The van der Waals surface area contributed by atoms with Crippen molar-refractivity contribution in [1.82, 2.24) is 10.2 Å². The van der Waals surface area contributed by atoms with Crippen LogP contribution in [-0.4, -0.2) is 68.3 Å². The Hall–Kier alpha value is -3.99. The van der Waals surface area contributed by atoms with Gasteiger partial charge < -0.3 is 25.5 Å². The van der Waals surface area contributed by atoms with E-state index in [4.69, 9.17) is 5.11 Å². The molecule has 2 aromatic carbocycles. The average molecular weight is 488 g/mol. The maximum Gasteiger partial charge on any atom is 0.334 e. The zero-order chi connectivity index (χ0) is 26.3. The number of hydrogen-bond acceptors (Lipinski definition) is 6. The Kier molecular flexibility index (Phi) is 9.29. The second kappa shape index (κ2) is 11.9. The van der Waals surface area contributed by atoms with Crippen molar-refractivity contribution in [3.63, 3.8) is 0 Å². The van der Waals surface area contributed by atoms with Crippen LogP contribution in [0.3, 0.4) is 0 Å². The van der Waals surface area contributed by atoms with Crippen molar-refractivity contribution in [2.45, 2.75) is 39.3 Å². The van der Waals surface area contributed by atoms with E-state index in [0.717, 1.165) is 10.5 Å².